The second-order valence-corrected chi connectivity index (χ2v) is 7.79. The molecule has 2 aromatic heterocycles. The van der Waals surface area contributed by atoms with E-state index in [4.69, 9.17) is 4.74 Å². The molecule has 7 heteroatoms. The van der Waals surface area contributed by atoms with Gasteiger partial charge in [-0.3, -0.25) is 14.7 Å². The Morgan fingerprint density at radius 1 is 1.36 bits per heavy atom. The van der Waals surface area contributed by atoms with E-state index in [0.717, 1.165) is 25.8 Å². The number of rotatable bonds is 4. The number of halogens is 1. The zero-order chi connectivity index (χ0) is 19.6. The normalized spacial score (nSPS) is 21.4. The Bertz CT molecular complexity index is 824. The molecule has 1 atom stereocenters. The third-order valence-electron chi connectivity index (χ3n) is 5.90. The van der Waals surface area contributed by atoms with E-state index in [1.54, 1.807) is 17.2 Å². The van der Waals surface area contributed by atoms with Gasteiger partial charge >= 0.3 is 0 Å². The van der Waals surface area contributed by atoms with Crippen molar-refractivity contribution in [1.82, 2.24) is 19.8 Å². The Balaban J connectivity index is 1.32. The summed E-state index contributed by atoms with van der Waals surface area (Å²) in [6, 6.07) is 7.16. The molecule has 1 amide bonds. The van der Waals surface area contributed by atoms with Gasteiger partial charge in [-0.2, -0.15) is 4.39 Å². The lowest BCUT2D eigenvalue weighted by atomic mass is 9.87. The molecule has 2 aliphatic rings. The number of likely N-dealkylation sites (tertiary alicyclic amines) is 1. The van der Waals surface area contributed by atoms with Crippen LogP contribution in [0.2, 0.25) is 0 Å². The van der Waals surface area contributed by atoms with E-state index in [0.29, 0.717) is 31.3 Å². The Labute approximate surface area is 164 Å². The first-order valence-electron chi connectivity index (χ1n) is 9.69. The summed E-state index contributed by atoms with van der Waals surface area (Å²) >= 11 is 0. The fraction of sp³-hybridized carbons (Fsp3) is 0.476. The molecule has 2 aromatic rings. The highest BCUT2D eigenvalue weighted by molar-refractivity contribution is 5.94. The van der Waals surface area contributed by atoms with Gasteiger partial charge in [0.05, 0.1) is 12.2 Å². The molecule has 0 saturated carbocycles. The maximum atomic E-state index is 13.3. The van der Waals surface area contributed by atoms with Crippen LogP contribution in [0.1, 0.15) is 35.2 Å². The molecule has 6 nitrogen and oxygen atoms in total. The summed E-state index contributed by atoms with van der Waals surface area (Å²) in [4.78, 5) is 24.4. The first-order chi connectivity index (χ1) is 13.5. The van der Waals surface area contributed by atoms with Gasteiger partial charge in [0, 0.05) is 55.9 Å². The van der Waals surface area contributed by atoms with E-state index in [-0.39, 0.29) is 11.5 Å². The van der Waals surface area contributed by atoms with Crippen molar-refractivity contribution in [1.29, 1.82) is 0 Å². The van der Waals surface area contributed by atoms with E-state index in [1.165, 1.54) is 17.8 Å². The summed E-state index contributed by atoms with van der Waals surface area (Å²) in [5.41, 5.74) is 1.38. The van der Waals surface area contributed by atoms with Crippen molar-refractivity contribution < 1.29 is 13.9 Å². The summed E-state index contributed by atoms with van der Waals surface area (Å²) < 4.78 is 19.5. The smallest absolute Gasteiger partial charge is 0.254 e. The van der Waals surface area contributed by atoms with Crippen molar-refractivity contribution in [3.05, 3.63) is 59.9 Å². The molecule has 0 unspecified atom stereocenters. The topological polar surface area (TPSA) is 58.6 Å². The fourth-order valence-electron chi connectivity index (χ4n) is 4.20. The van der Waals surface area contributed by atoms with Crippen LogP contribution in [-0.2, 0) is 11.3 Å². The van der Waals surface area contributed by atoms with Crippen molar-refractivity contribution in [2.45, 2.75) is 37.5 Å². The molecule has 4 rings (SSSR count). The summed E-state index contributed by atoms with van der Waals surface area (Å²) in [5, 5.41) is 0. The third kappa shape index (κ3) is 4.05. The SMILES string of the molecule is CN(Cc1cccnc1)[C@@H]1COC2(CCN(C(=O)c3ccnc(F)c3)CC2)C1. The lowest BCUT2D eigenvalue weighted by Gasteiger charge is -2.39. The molecule has 0 aliphatic carbocycles. The van der Waals surface area contributed by atoms with E-state index >= 15 is 0 Å². The number of nitrogens with zero attached hydrogens (tertiary/aromatic N) is 4. The van der Waals surface area contributed by atoms with E-state index < -0.39 is 5.95 Å². The van der Waals surface area contributed by atoms with Gasteiger partial charge < -0.3 is 9.64 Å². The summed E-state index contributed by atoms with van der Waals surface area (Å²) in [5.74, 6) is -0.766. The molecule has 2 fully saturated rings. The Morgan fingerprint density at radius 3 is 2.89 bits per heavy atom. The average Bonchev–Trinajstić information content (AvgIpc) is 3.13. The summed E-state index contributed by atoms with van der Waals surface area (Å²) in [6.07, 6.45) is 7.60. The van der Waals surface area contributed by atoms with Crippen LogP contribution < -0.4 is 0 Å². The predicted octanol–water partition coefficient (Wildman–Crippen LogP) is 2.51. The first kappa shape index (κ1) is 19.0. The molecule has 0 aromatic carbocycles. The minimum absolute atomic E-state index is 0.139. The largest absolute Gasteiger partial charge is 0.373 e. The molecule has 2 saturated heterocycles. The van der Waals surface area contributed by atoms with E-state index in [1.807, 2.05) is 12.3 Å². The predicted molar refractivity (Wildman–Crippen MR) is 102 cm³/mol. The third-order valence-corrected chi connectivity index (χ3v) is 5.90. The summed E-state index contributed by atoms with van der Waals surface area (Å²) in [7, 11) is 2.12. The minimum Gasteiger partial charge on any atom is -0.373 e. The first-order valence-corrected chi connectivity index (χ1v) is 9.69. The molecular formula is C21H25FN4O2. The van der Waals surface area contributed by atoms with Crippen LogP contribution in [0.15, 0.2) is 42.9 Å². The number of pyridine rings is 2. The number of carbonyl (C=O) groups excluding carboxylic acids is 1. The number of piperidine rings is 1. The molecule has 0 bridgehead atoms. The Morgan fingerprint density at radius 2 is 2.18 bits per heavy atom. The highest BCUT2D eigenvalue weighted by Gasteiger charge is 2.44. The van der Waals surface area contributed by atoms with Crippen molar-refractivity contribution in [3.8, 4) is 0 Å². The van der Waals surface area contributed by atoms with Gasteiger partial charge in [0.2, 0.25) is 5.95 Å². The molecule has 4 heterocycles. The molecule has 2 aliphatic heterocycles. The summed E-state index contributed by atoms with van der Waals surface area (Å²) in [6.45, 7) is 2.81. The fourth-order valence-corrected chi connectivity index (χ4v) is 4.20. The number of likely N-dealkylation sites (N-methyl/N-ethyl adjacent to an activating group) is 1. The van der Waals surface area contributed by atoms with Crippen LogP contribution in [0.5, 0.6) is 0 Å². The molecule has 0 radical (unpaired) electrons. The second-order valence-electron chi connectivity index (χ2n) is 7.79. The highest BCUT2D eigenvalue weighted by Crippen LogP contribution is 2.38. The highest BCUT2D eigenvalue weighted by atomic mass is 19.1. The van der Waals surface area contributed by atoms with Crippen molar-refractivity contribution in [2.24, 2.45) is 0 Å². The molecule has 148 valence electrons. The average molecular weight is 384 g/mol. The van der Waals surface area contributed by atoms with Crippen molar-refractivity contribution in [2.75, 3.05) is 26.7 Å². The van der Waals surface area contributed by atoms with Crippen LogP contribution in [0.25, 0.3) is 0 Å². The molecular weight excluding hydrogens is 359 g/mol. The number of amides is 1. The molecule has 28 heavy (non-hydrogen) atoms. The minimum atomic E-state index is -0.627. The Kier molecular flexibility index (Phi) is 5.37. The molecule has 0 N–H and O–H groups in total. The maximum Gasteiger partial charge on any atom is 0.254 e. The van der Waals surface area contributed by atoms with Crippen molar-refractivity contribution in [3.63, 3.8) is 0 Å². The standard InChI is InChI=1S/C21H25FN4O2/c1-25(14-16-3-2-7-23-13-16)18-12-21(28-15-18)5-9-26(10-6-21)20(27)17-4-8-24-19(22)11-17/h2-4,7-8,11,13,18H,5-6,9-10,12,14-15H2,1H3/t18-/m0/s1. The molecule has 1 spiro atoms. The van der Waals surface area contributed by atoms with Gasteiger partial charge in [-0.05, 0) is 44.0 Å². The van der Waals surface area contributed by atoms with E-state index in [9.17, 15) is 9.18 Å². The van der Waals surface area contributed by atoms with Gasteiger partial charge in [0.15, 0.2) is 0 Å². The lowest BCUT2D eigenvalue weighted by Crippen LogP contribution is -2.47. The second kappa shape index (κ2) is 7.93. The lowest BCUT2D eigenvalue weighted by molar-refractivity contribution is -0.0393. The van der Waals surface area contributed by atoms with Crippen LogP contribution >= 0.6 is 0 Å². The van der Waals surface area contributed by atoms with Crippen LogP contribution in [0.4, 0.5) is 4.39 Å². The zero-order valence-corrected chi connectivity index (χ0v) is 16.1. The Hall–Kier alpha value is -2.38. The van der Waals surface area contributed by atoms with Gasteiger partial charge in [-0.25, -0.2) is 4.98 Å². The number of ether oxygens (including phenoxy) is 1. The number of hydrogen-bond acceptors (Lipinski definition) is 5. The van der Waals surface area contributed by atoms with Gasteiger partial charge in [0.1, 0.15) is 0 Å². The van der Waals surface area contributed by atoms with Gasteiger partial charge in [0.25, 0.3) is 5.91 Å². The van der Waals surface area contributed by atoms with Crippen molar-refractivity contribution >= 4 is 5.91 Å². The number of aromatic nitrogens is 2. The van der Waals surface area contributed by atoms with Crippen LogP contribution in [-0.4, -0.2) is 64.1 Å². The number of hydrogen-bond donors (Lipinski definition) is 0. The quantitative estimate of drug-likeness (QED) is 0.758. The van der Waals surface area contributed by atoms with Gasteiger partial charge in [-0.15, -0.1) is 0 Å². The van der Waals surface area contributed by atoms with Crippen LogP contribution in [0.3, 0.4) is 0 Å². The van der Waals surface area contributed by atoms with E-state index in [2.05, 4.69) is 28.0 Å². The zero-order valence-electron chi connectivity index (χ0n) is 16.1. The monoisotopic (exact) mass is 384 g/mol. The number of carbonyl (C=O) groups is 1. The van der Waals surface area contributed by atoms with Gasteiger partial charge in [-0.1, -0.05) is 6.07 Å². The van der Waals surface area contributed by atoms with Crippen LogP contribution in [0, 0.1) is 5.95 Å². The maximum absolute atomic E-state index is 13.3.